The molecule has 16 heavy (non-hydrogen) atoms. The van der Waals surface area contributed by atoms with Crippen molar-refractivity contribution < 1.29 is 18.5 Å². The van der Waals surface area contributed by atoms with Crippen LogP contribution in [0.5, 0.6) is 0 Å². The molecule has 0 saturated carbocycles. The average molecular weight is 249 g/mol. The van der Waals surface area contributed by atoms with Gasteiger partial charge in [0.15, 0.2) is 0 Å². The van der Waals surface area contributed by atoms with Crippen molar-refractivity contribution in [2.24, 2.45) is 0 Å². The van der Waals surface area contributed by atoms with E-state index in [0.717, 1.165) is 0 Å². The van der Waals surface area contributed by atoms with Crippen LogP contribution >= 0.6 is 0 Å². The molecule has 0 aliphatic heterocycles. The summed E-state index contributed by atoms with van der Waals surface area (Å²) in [5.74, 6) is 0.0238. The van der Waals surface area contributed by atoms with Crippen LogP contribution < -0.4 is 5.32 Å². The minimum absolute atomic E-state index is 0.0578. The SMILES string of the molecule is CNC(=O)CCCS(=O)C(C)CC(=O)OC. The highest BCUT2D eigenvalue weighted by atomic mass is 32.2. The molecule has 0 aliphatic carbocycles. The molecular formula is C10H19NO4S. The summed E-state index contributed by atoms with van der Waals surface area (Å²) in [4.78, 5) is 21.8. The van der Waals surface area contributed by atoms with E-state index in [0.29, 0.717) is 18.6 Å². The fraction of sp³-hybridized carbons (Fsp3) is 0.800. The molecule has 0 aliphatic rings. The first-order valence-electron chi connectivity index (χ1n) is 5.15. The van der Waals surface area contributed by atoms with Crippen LogP contribution in [0.25, 0.3) is 0 Å². The lowest BCUT2D eigenvalue weighted by atomic mass is 10.3. The summed E-state index contributed by atoms with van der Waals surface area (Å²) in [7, 11) is 1.79. The molecule has 0 aromatic carbocycles. The fourth-order valence-corrected chi connectivity index (χ4v) is 2.27. The Hall–Kier alpha value is -0.910. The van der Waals surface area contributed by atoms with E-state index >= 15 is 0 Å². The van der Waals surface area contributed by atoms with Gasteiger partial charge in [0.25, 0.3) is 0 Å². The molecule has 0 radical (unpaired) electrons. The Bertz CT molecular complexity index is 268. The third kappa shape index (κ3) is 6.55. The van der Waals surface area contributed by atoms with Crippen molar-refractivity contribution in [2.75, 3.05) is 19.9 Å². The Morgan fingerprint density at radius 1 is 1.44 bits per heavy atom. The Labute approximate surface area is 98.4 Å². The summed E-state index contributed by atoms with van der Waals surface area (Å²) >= 11 is 0. The van der Waals surface area contributed by atoms with E-state index < -0.39 is 10.8 Å². The third-order valence-electron chi connectivity index (χ3n) is 2.16. The van der Waals surface area contributed by atoms with Gasteiger partial charge in [-0.2, -0.15) is 0 Å². The number of amides is 1. The molecule has 0 fully saturated rings. The van der Waals surface area contributed by atoms with Gasteiger partial charge in [0.1, 0.15) is 0 Å². The molecule has 6 heteroatoms. The van der Waals surface area contributed by atoms with Gasteiger partial charge in [-0.3, -0.25) is 13.8 Å². The second kappa shape index (κ2) is 8.27. The highest BCUT2D eigenvalue weighted by Crippen LogP contribution is 2.05. The van der Waals surface area contributed by atoms with Gasteiger partial charge >= 0.3 is 5.97 Å². The van der Waals surface area contributed by atoms with E-state index in [1.54, 1.807) is 14.0 Å². The molecule has 2 unspecified atom stereocenters. The van der Waals surface area contributed by atoms with Crippen LogP contribution in [0, 0.1) is 0 Å². The Balaban J connectivity index is 3.79. The molecule has 1 N–H and O–H groups in total. The summed E-state index contributed by atoms with van der Waals surface area (Å²) in [6, 6.07) is 0. The standard InChI is InChI=1S/C10H19NO4S/c1-8(7-10(13)15-3)16(14)6-4-5-9(12)11-2/h8H,4-7H2,1-3H3,(H,11,12). The van der Waals surface area contributed by atoms with Crippen LogP contribution in [0.2, 0.25) is 0 Å². The number of esters is 1. The lowest BCUT2D eigenvalue weighted by Gasteiger charge is -2.09. The first kappa shape index (κ1) is 15.1. The maximum atomic E-state index is 11.6. The summed E-state index contributed by atoms with van der Waals surface area (Å²) in [6.45, 7) is 1.74. The number of nitrogens with one attached hydrogen (secondary N) is 1. The van der Waals surface area contributed by atoms with Crippen molar-refractivity contribution in [1.29, 1.82) is 0 Å². The first-order chi connectivity index (χ1) is 7.51. The number of carbonyl (C=O) groups excluding carboxylic acids is 2. The van der Waals surface area contributed by atoms with E-state index in [9.17, 15) is 13.8 Å². The highest BCUT2D eigenvalue weighted by Gasteiger charge is 2.15. The third-order valence-corrected chi connectivity index (χ3v) is 3.91. The van der Waals surface area contributed by atoms with Crippen molar-refractivity contribution in [3.63, 3.8) is 0 Å². The molecule has 0 rings (SSSR count). The predicted molar refractivity (Wildman–Crippen MR) is 62.4 cm³/mol. The Kier molecular flexibility index (Phi) is 7.80. The molecule has 1 amide bonds. The van der Waals surface area contributed by atoms with Gasteiger partial charge in [0.2, 0.25) is 5.91 Å². The van der Waals surface area contributed by atoms with Crippen LogP contribution in [0.4, 0.5) is 0 Å². The van der Waals surface area contributed by atoms with Crippen molar-refractivity contribution in [3.05, 3.63) is 0 Å². The molecule has 0 saturated heterocycles. The first-order valence-corrected chi connectivity index (χ1v) is 6.54. The number of hydrogen-bond acceptors (Lipinski definition) is 4. The molecule has 0 bridgehead atoms. The van der Waals surface area contributed by atoms with E-state index in [2.05, 4.69) is 10.1 Å². The van der Waals surface area contributed by atoms with Gasteiger partial charge in [0.05, 0.1) is 13.5 Å². The number of rotatable bonds is 7. The van der Waals surface area contributed by atoms with E-state index in [-0.39, 0.29) is 23.5 Å². The smallest absolute Gasteiger partial charge is 0.306 e. The number of methoxy groups -OCH3 is 1. The normalized spacial score (nSPS) is 13.9. The molecule has 94 valence electrons. The van der Waals surface area contributed by atoms with Crippen molar-refractivity contribution in [3.8, 4) is 0 Å². The summed E-state index contributed by atoms with van der Waals surface area (Å²) < 4.78 is 16.1. The Morgan fingerprint density at radius 3 is 2.56 bits per heavy atom. The molecule has 0 aromatic rings. The zero-order valence-electron chi connectivity index (χ0n) is 9.95. The summed E-state index contributed by atoms with van der Waals surface area (Å²) in [6.07, 6.45) is 1.09. The lowest BCUT2D eigenvalue weighted by molar-refractivity contribution is -0.140. The molecule has 2 atom stereocenters. The largest absolute Gasteiger partial charge is 0.469 e. The average Bonchev–Trinajstić information content (AvgIpc) is 2.28. The summed E-state index contributed by atoms with van der Waals surface area (Å²) in [5, 5.41) is 2.27. The van der Waals surface area contributed by atoms with Crippen LogP contribution in [0.15, 0.2) is 0 Å². The molecule has 0 heterocycles. The quantitative estimate of drug-likeness (QED) is 0.655. The minimum Gasteiger partial charge on any atom is -0.469 e. The van der Waals surface area contributed by atoms with Gasteiger partial charge in [-0.05, 0) is 6.42 Å². The second-order valence-electron chi connectivity index (χ2n) is 3.45. The lowest BCUT2D eigenvalue weighted by Crippen LogP contribution is -2.21. The zero-order chi connectivity index (χ0) is 12.6. The topological polar surface area (TPSA) is 72.5 Å². The van der Waals surface area contributed by atoms with Gasteiger partial charge in [-0.25, -0.2) is 0 Å². The van der Waals surface area contributed by atoms with Gasteiger partial charge < -0.3 is 10.1 Å². The number of carbonyl (C=O) groups is 2. The van der Waals surface area contributed by atoms with Gasteiger partial charge in [-0.15, -0.1) is 0 Å². The van der Waals surface area contributed by atoms with Crippen molar-refractivity contribution in [1.82, 2.24) is 5.32 Å². The summed E-state index contributed by atoms with van der Waals surface area (Å²) in [5.41, 5.74) is 0. The maximum absolute atomic E-state index is 11.6. The van der Waals surface area contributed by atoms with E-state index in [4.69, 9.17) is 0 Å². The molecular weight excluding hydrogens is 230 g/mol. The molecule has 0 aromatic heterocycles. The second-order valence-corrected chi connectivity index (χ2v) is 5.43. The van der Waals surface area contributed by atoms with E-state index in [1.807, 2.05) is 0 Å². The van der Waals surface area contributed by atoms with Crippen molar-refractivity contribution >= 4 is 22.7 Å². The number of ether oxygens (including phenoxy) is 1. The molecule has 5 nitrogen and oxygen atoms in total. The fourth-order valence-electron chi connectivity index (χ4n) is 1.11. The predicted octanol–water partition coefficient (Wildman–Crippen LogP) is 0.213. The minimum atomic E-state index is -1.09. The monoisotopic (exact) mass is 249 g/mol. The van der Waals surface area contributed by atoms with Crippen LogP contribution in [0.1, 0.15) is 26.2 Å². The van der Waals surface area contributed by atoms with Gasteiger partial charge in [0, 0.05) is 35.3 Å². The molecule has 0 spiro atoms. The van der Waals surface area contributed by atoms with Crippen molar-refractivity contribution in [2.45, 2.75) is 31.4 Å². The maximum Gasteiger partial charge on any atom is 0.306 e. The number of hydrogen-bond donors (Lipinski definition) is 1. The highest BCUT2D eigenvalue weighted by molar-refractivity contribution is 7.85. The van der Waals surface area contributed by atoms with E-state index in [1.165, 1.54) is 7.11 Å². The van der Waals surface area contributed by atoms with Gasteiger partial charge in [-0.1, -0.05) is 6.92 Å². The zero-order valence-corrected chi connectivity index (χ0v) is 10.8. The Morgan fingerprint density at radius 2 is 2.06 bits per heavy atom. The van der Waals surface area contributed by atoms with Crippen LogP contribution in [-0.2, 0) is 25.1 Å². The van der Waals surface area contributed by atoms with Crippen LogP contribution in [-0.4, -0.2) is 41.2 Å². The van der Waals surface area contributed by atoms with Crippen LogP contribution in [0.3, 0.4) is 0 Å².